The van der Waals surface area contributed by atoms with Gasteiger partial charge >= 0.3 is 11.9 Å². The van der Waals surface area contributed by atoms with E-state index in [1.165, 1.54) is 0 Å². The normalized spacial score (nSPS) is 36.7. The highest BCUT2D eigenvalue weighted by atomic mass is 16.7. The topological polar surface area (TPSA) is 174 Å². The van der Waals surface area contributed by atoms with Crippen LogP contribution in [-0.2, 0) is 19.1 Å². The van der Waals surface area contributed by atoms with Gasteiger partial charge in [-0.2, -0.15) is 0 Å². The molecule has 0 spiro atoms. The molecule has 1 aliphatic rings. The first-order chi connectivity index (χ1) is 8.79. The van der Waals surface area contributed by atoms with Gasteiger partial charge in [0.15, 0.2) is 18.5 Å². The summed E-state index contributed by atoms with van der Waals surface area (Å²) in [6.07, 6.45) is -11.1. The zero-order valence-corrected chi connectivity index (χ0v) is 9.49. The number of carboxylic acids is 2. The third kappa shape index (κ3) is 3.37. The molecule has 1 aliphatic heterocycles. The molecular formula is C9H14O10. The maximum Gasteiger partial charge on any atom is 0.335 e. The second kappa shape index (κ2) is 6.23. The second-order valence-corrected chi connectivity index (χ2v) is 3.88. The second-order valence-electron chi connectivity index (χ2n) is 3.88. The molecule has 0 radical (unpaired) electrons. The Morgan fingerprint density at radius 3 is 2.11 bits per heavy atom. The molecule has 1 saturated heterocycles. The zero-order valence-electron chi connectivity index (χ0n) is 9.49. The predicted octanol–water partition coefficient (Wildman–Crippen LogP) is -3.66. The monoisotopic (exact) mass is 282 g/mol. The van der Waals surface area contributed by atoms with Crippen LogP contribution in [0, 0.1) is 0 Å². The summed E-state index contributed by atoms with van der Waals surface area (Å²) in [7, 11) is 0. The number of aliphatic carboxylic acids is 2. The van der Waals surface area contributed by atoms with Crippen molar-refractivity contribution in [2.75, 3.05) is 6.61 Å². The van der Waals surface area contributed by atoms with Crippen molar-refractivity contribution in [1.29, 1.82) is 0 Å². The maximum atomic E-state index is 10.8. The van der Waals surface area contributed by atoms with Gasteiger partial charge in [-0.25, -0.2) is 9.59 Å². The molecule has 6 atom stereocenters. The van der Waals surface area contributed by atoms with E-state index in [9.17, 15) is 24.9 Å². The Labute approximate surface area is 106 Å². The van der Waals surface area contributed by atoms with Crippen LogP contribution in [0.5, 0.6) is 0 Å². The molecule has 0 aromatic rings. The number of hydrogen-bond acceptors (Lipinski definition) is 8. The molecule has 4 unspecified atom stereocenters. The summed E-state index contributed by atoms with van der Waals surface area (Å²) in [6.45, 7) is -0.946. The van der Waals surface area contributed by atoms with E-state index in [4.69, 9.17) is 15.3 Å². The first-order valence-electron chi connectivity index (χ1n) is 5.21. The lowest BCUT2D eigenvalue weighted by atomic mass is 9.99. The van der Waals surface area contributed by atoms with Gasteiger partial charge in [-0.3, -0.25) is 0 Å². The minimum Gasteiger partial charge on any atom is -0.479 e. The van der Waals surface area contributed by atoms with Crippen molar-refractivity contribution in [2.45, 2.75) is 36.8 Å². The minimum atomic E-state index is -1.90. The largest absolute Gasteiger partial charge is 0.479 e. The highest BCUT2D eigenvalue weighted by molar-refractivity contribution is 5.73. The van der Waals surface area contributed by atoms with Crippen LogP contribution in [0.15, 0.2) is 0 Å². The van der Waals surface area contributed by atoms with Crippen molar-refractivity contribution in [3.8, 4) is 0 Å². The smallest absolute Gasteiger partial charge is 0.335 e. The fourth-order valence-electron chi connectivity index (χ4n) is 1.51. The standard InChI is InChI=1S/C9H14O10/c10-1-2(7(14)15)18-9-5(13)3(11)4(12)6(19-9)8(16)17/h2-6,9-13H,1H2,(H,14,15)(H,16,17)/t2?,3-,4-,5?,6?,9?/m0/s1. The Morgan fingerprint density at radius 1 is 1.11 bits per heavy atom. The Bertz CT molecular complexity index is 342. The summed E-state index contributed by atoms with van der Waals surface area (Å²) in [5.41, 5.74) is 0. The molecular weight excluding hydrogens is 268 g/mol. The molecule has 0 bridgehead atoms. The minimum absolute atomic E-state index is 0.946. The van der Waals surface area contributed by atoms with E-state index in [0.29, 0.717) is 0 Å². The average Bonchev–Trinajstić information content (AvgIpc) is 2.34. The molecule has 110 valence electrons. The van der Waals surface area contributed by atoms with Crippen LogP contribution in [-0.4, -0.2) is 86.0 Å². The first-order valence-corrected chi connectivity index (χ1v) is 5.21. The number of rotatable bonds is 5. The lowest BCUT2D eigenvalue weighted by Crippen LogP contribution is -2.61. The van der Waals surface area contributed by atoms with Gasteiger partial charge < -0.3 is 40.1 Å². The highest BCUT2D eigenvalue weighted by Gasteiger charge is 2.48. The van der Waals surface area contributed by atoms with Gasteiger partial charge in [-0.15, -0.1) is 0 Å². The SMILES string of the molecule is O=C(O)C(CO)OC1OC(C(=O)O)[C@@H](O)[C@H](O)C1O. The molecule has 6 N–H and O–H groups in total. The van der Waals surface area contributed by atoms with Crippen LogP contribution in [0.4, 0.5) is 0 Å². The van der Waals surface area contributed by atoms with E-state index in [-0.39, 0.29) is 0 Å². The Kier molecular flexibility index (Phi) is 5.17. The van der Waals surface area contributed by atoms with Gasteiger partial charge in [0.05, 0.1) is 6.61 Å². The number of carbonyl (C=O) groups is 2. The summed E-state index contributed by atoms with van der Waals surface area (Å²) in [5, 5.41) is 54.4. The number of carboxylic acid groups (broad SMARTS) is 2. The van der Waals surface area contributed by atoms with Crippen LogP contribution in [0.3, 0.4) is 0 Å². The summed E-state index contributed by atoms with van der Waals surface area (Å²) in [6, 6.07) is 0. The molecule has 0 amide bonds. The summed E-state index contributed by atoms with van der Waals surface area (Å²) in [5.74, 6) is -3.19. The van der Waals surface area contributed by atoms with E-state index < -0.39 is 55.4 Å². The van der Waals surface area contributed by atoms with E-state index >= 15 is 0 Å². The van der Waals surface area contributed by atoms with Gasteiger partial charge in [0.25, 0.3) is 0 Å². The van der Waals surface area contributed by atoms with Crippen molar-refractivity contribution >= 4 is 11.9 Å². The maximum absolute atomic E-state index is 10.8. The third-order valence-corrected chi connectivity index (χ3v) is 2.55. The van der Waals surface area contributed by atoms with Crippen molar-refractivity contribution in [2.24, 2.45) is 0 Å². The number of ether oxygens (including phenoxy) is 2. The van der Waals surface area contributed by atoms with E-state index in [1.807, 2.05) is 0 Å². The highest BCUT2D eigenvalue weighted by Crippen LogP contribution is 2.23. The van der Waals surface area contributed by atoms with Gasteiger partial charge in [-0.05, 0) is 0 Å². The van der Waals surface area contributed by atoms with E-state index in [0.717, 1.165) is 0 Å². The number of hydrogen-bond donors (Lipinski definition) is 6. The molecule has 0 aromatic carbocycles. The first kappa shape index (κ1) is 15.8. The molecule has 10 heteroatoms. The van der Waals surface area contributed by atoms with Crippen molar-refractivity contribution in [3.05, 3.63) is 0 Å². The molecule has 19 heavy (non-hydrogen) atoms. The van der Waals surface area contributed by atoms with E-state index in [2.05, 4.69) is 9.47 Å². The van der Waals surface area contributed by atoms with Gasteiger partial charge in [0.1, 0.15) is 18.3 Å². The van der Waals surface area contributed by atoms with Crippen molar-refractivity contribution < 1.29 is 49.7 Å². The predicted molar refractivity (Wildman–Crippen MR) is 53.9 cm³/mol. The summed E-state index contributed by atoms with van der Waals surface area (Å²) in [4.78, 5) is 21.4. The number of aliphatic hydroxyl groups excluding tert-OH is 4. The molecule has 1 heterocycles. The van der Waals surface area contributed by atoms with Crippen LogP contribution in [0.1, 0.15) is 0 Å². The number of aliphatic hydroxyl groups is 4. The molecule has 0 saturated carbocycles. The zero-order chi connectivity index (χ0) is 14.7. The lowest BCUT2D eigenvalue weighted by Gasteiger charge is -2.39. The summed E-state index contributed by atoms with van der Waals surface area (Å²) >= 11 is 0. The van der Waals surface area contributed by atoms with Crippen LogP contribution >= 0.6 is 0 Å². The average molecular weight is 282 g/mol. The Balaban J connectivity index is 2.82. The van der Waals surface area contributed by atoms with Gasteiger partial charge in [0.2, 0.25) is 0 Å². The molecule has 1 rings (SSSR count). The Hall–Kier alpha value is -1.30. The van der Waals surface area contributed by atoms with Crippen molar-refractivity contribution in [1.82, 2.24) is 0 Å². The fraction of sp³-hybridized carbons (Fsp3) is 0.778. The molecule has 0 aromatic heterocycles. The van der Waals surface area contributed by atoms with E-state index in [1.54, 1.807) is 0 Å². The lowest BCUT2D eigenvalue weighted by molar-refractivity contribution is -0.304. The van der Waals surface area contributed by atoms with Gasteiger partial charge in [-0.1, -0.05) is 0 Å². The molecule has 1 fully saturated rings. The third-order valence-electron chi connectivity index (χ3n) is 2.55. The van der Waals surface area contributed by atoms with Crippen molar-refractivity contribution in [3.63, 3.8) is 0 Å². The summed E-state index contributed by atoms with van der Waals surface area (Å²) < 4.78 is 9.33. The molecule has 10 nitrogen and oxygen atoms in total. The van der Waals surface area contributed by atoms with Crippen LogP contribution < -0.4 is 0 Å². The quantitative estimate of drug-likeness (QED) is 0.295. The van der Waals surface area contributed by atoms with Crippen LogP contribution in [0.25, 0.3) is 0 Å². The molecule has 0 aliphatic carbocycles. The Morgan fingerprint density at radius 2 is 1.68 bits per heavy atom. The fourth-order valence-corrected chi connectivity index (χ4v) is 1.51. The van der Waals surface area contributed by atoms with Gasteiger partial charge in [0, 0.05) is 0 Å². The van der Waals surface area contributed by atoms with Crippen LogP contribution in [0.2, 0.25) is 0 Å².